The van der Waals surface area contributed by atoms with Gasteiger partial charge in [-0.15, -0.1) is 0 Å². The highest BCUT2D eigenvalue weighted by Gasteiger charge is 2.03. The van der Waals surface area contributed by atoms with E-state index >= 15 is 0 Å². The first kappa shape index (κ1) is 9.92. The number of hydrogen-bond donors (Lipinski definition) is 1. The fourth-order valence-corrected chi connectivity index (χ4v) is 0.993. The lowest BCUT2D eigenvalue weighted by molar-refractivity contribution is 0.837. The Morgan fingerprint density at radius 3 is 2.69 bits per heavy atom. The monoisotopic (exact) mass is 180 g/mol. The van der Waals surface area contributed by atoms with Crippen LogP contribution in [0.15, 0.2) is 6.20 Å². The Morgan fingerprint density at radius 2 is 2.15 bits per heavy atom. The second-order valence-corrected chi connectivity index (χ2v) is 3.15. The zero-order valence-electron chi connectivity index (χ0n) is 8.41. The first-order chi connectivity index (χ1) is 6.15. The normalized spacial score (nSPS) is 10.2. The van der Waals surface area contributed by atoms with Crippen molar-refractivity contribution in [2.75, 3.05) is 25.0 Å². The Morgan fingerprint density at radius 1 is 1.46 bits per heavy atom. The number of hydrogen-bond acceptors (Lipinski definition) is 4. The second-order valence-electron chi connectivity index (χ2n) is 3.15. The molecular formula is C9H16N4. The number of nitrogens with zero attached hydrogens (tertiary/aromatic N) is 3. The lowest BCUT2D eigenvalue weighted by atomic mass is 10.3. The van der Waals surface area contributed by atoms with Crippen LogP contribution in [0.2, 0.25) is 0 Å². The summed E-state index contributed by atoms with van der Waals surface area (Å²) in [5.74, 6) is 0.744. The molecule has 0 aliphatic rings. The van der Waals surface area contributed by atoms with Gasteiger partial charge in [0.25, 0.3) is 0 Å². The van der Waals surface area contributed by atoms with E-state index in [4.69, 9.17) is 5.73 Å². The fourth-order valence-electron chi connectivity index (χ4n) is 0.993. The minimum absolute atomic E-state index is 0.618. The number of anilines is 1. The lowest BCUT2D eigenvalue weighted by Crippen LogP contribution is -2.26. The molecule has 2 N–H and O–H groups in total. The molecule has 0 aromatic carbocycles. The molecule has 0 spiro atoms. The molecular weight excluding hydrogens is 164 g/mol. The third-order valence-corrected chi connectivity index (χ3v) is 2.02. The minimum Gasteiger partial charge on any atom is -0.343 e. The van der Waals surface area contributed by atoms with Crippen molar-refractivity contribution in [1.29, 1.82) is 0 Å². The summed E-state index contributed by atoms with van der Waals surface area (Å²) in [5.41, 5.74) is 7.58. The Hall–Kier alpha value is -1.16. The molecule has 0 atom stereocenters. The zero-order valence-corrected chi connectivity index (χ0v) is 8.41. The van der Waals surface area contributed by atoms with E-state index in [1.54, 1.807) is 0 Å². The SMILES string of the molecule is Cc1cnc(N(C)CCN)nc1C. The van der Waals surface area contributed by atoms with Gasteiger partial charge in [0.2, 0.25) is 5.95 Å². The Labute approximate surface area is 78.8 Å². The molecule has 1 aromatic rings. The van der Waals surface area contributed by atoms with Crippen LogP contribution in [0.1, 0.15) is 11.3 Å². The molecule has 0 aliphatic heterocycles. The van der Waals surface area contributed by atoms with Crippen LogP contribution in [0.3, 0.4) is 0 Å². The van der Waals surface area contributed by atoms with E-state index in [1.165, 1.54) is 0 Å². The van der Waals surface area contributed by atoms with Gasteiger partial charge in [-0.1, -0.05) is 0 Å². The highest BCUT2D eigenvalue weighted by Crippen LogP contribution is 2.07. The maximum absolute atomic E-state index is 5.44. The average Bonchev–Trinajstić information content (AvgIpc) is 2.10. The van der Waals surface area contributed by atoms with Crippen LogP contribution < -0.4 is 10.6 Å². The van der Waals surface area contributed by atoms with Crippen LogP contribution in [-0.2, 0) is 0 Å². The molecule has 0 aliphatic carbocycles. The molecule has 0 fully saturated rings. The molecule has 72 valence electrons. The smallest absolute Gasteiger partial charge is 0.225 e. The van der Waals surface area contributed by atoms with Gasteiger partial charge in [0.15, 0.2) is 0 Å². The van der Waals surface area contributed by atoms with Gasteiger partial charge in [-0.25, -0.2) is 9.97 Å². The number of aryl methyl sites for hydroxylation is 2. The number of nitrogens with two attached hydrogens (primary N) is 1. The molecule has 1 aromatic heterocycles. The molecule has 4 heteroatoms. The lowest BCUT2D eigenvalue weighted by Gasteiger charge is -2.16. The maximum atomic E-state index is 5.44. The summed E-state index contributed by atoms with van der Waals surface area (Å²) in [5, 5.41) is 0. The summed E-state index contributed by atoms with van der Waals surface area (Å²) in [6.45, 7) is 5.38. The summed E-state index contributed by atoms with van der Waals surface area (Å²) < 4.78 is 0. The summed E-state index contributed by atoms with van der Waals surface area (Å²) in [7, 11) is 1.94. The summed E-state index contributed by atoms with van der Waals surface area (Å²) >= 11 is 0. The largest absolute Gasteiger partial charge is 0.343 e. The van der Waals surface area contributed by atoms with Gasteiger partial charge >= 0.3 is 0 Å². The van der Waals surface area contributed by atoms with E-state index < -0.39 is 0 Å². The van der Waals surface area contributed by atoms with Gasteiger partial charge in [0.05, 0.1) is 0 Å². The molecule has 1 rings (SSSR count). The quantitative estimate of drug-likeness (QED) is 0.735. The van der Waals surface area contributed by atoms with Crippen molar-refractivity contribution in [3.8, 4) is 0 Å². The van der Waals surface area contributed by atoms with E-state index in [0.29, 0.717) is 6.54 Å². The van der Waals surface area contributed by atoms with Crippen molar-refractivity contribution < 1.29 is 0 Å². The highest BCUT2D eigenvalue weighted by atomic mass is 15.2. The summed E-state index contributed by atoms with van der Waals surface area (Å²) in [6, 6.07) is 0. The Bertz CT molecular complexity index is 285. The fraction of sp³-hybridized carbons (Fsp3) is 0.556. The predicted molar refractivity (Wildman–Crippen MR) is 53.8 cm³/mol. The molecule has 4 nitrogen and oxygen atoms in total. The van der Waals surface area contributed by atoms with Crippen molar-refractivity contribution in [2.24, 2.45) is 5.73 Å². The molecule has 0 saturated carbocycles. The van der Waals surface area contributed by atoms with Crippen LogP contribution in [0.5, 0.6) is 0 Å². The van der Waals surface area contributed by atoms with Gasteiger partial charge in [-0.2, -0.15) is 0 Å². The van der Waals surface area contributed by atoms with Crippen molar-refractivity contribution >= 4 is 5.95 Å². The van der Waals surface area contributed by atoms with Crippen molar-refractivity contribution in [3.05, 3.63) is 17.5 Å². The number of rotatable bonds is 3. The molecule has 1 heterocycles. The second kappa shape index (κ2) is 4.18. The third-order valence-electron chi connectivity index (χ3n) is 2.02. The van der Waals surface area contributed by atoms with Gasteiger partial charge < -0.3 is 10.6 Å². The van der Waals surface area contributed by atoms with E-state index in [2.05, 4.69) is 9.97 Å². The molecule has 0 bridgehead atoms. The summed E-state index contributed by atoms with van der Waals surface area (Å²) in [6.07, 6.45) is 1.84. The maximum Gasteiger partial charge on any atom is 0.225 e. The predicted octanol–water partition coefficient (Wildman–Crippen LogP) is 0.488. The van der Waals surface area contributed by atoms with Crippen LogP contribution >= 0.6 is 0 Å². The first-order valence-electron chi connectivity index (χ1n) is 4.36. The van der Waals surface area contributed by atoms with Crippen LogP contribution in [0.4, 0.5) is 5.95 Å². The van der Waals surface area contributed by atoms with E-state index in [1.807, 2.05) is 32.0 Å². The van der Waals surface area contributed by atoms with E-state index in [0.717, 1.165) is 23.8 Å². The summed E-state index contributed by atoms with van der Waals surface area (Å²) in [4.78, 5) is 10.5. The molecule has 13 heavy (non-hydrogen) atoms. The highest BCUT2D eigenvalue weighted by molar-refractivity contribution is 5.31. The molecule has 0 radical (unpaired) electrons. The van der Waals surface area contributed by atoms with Crippen molar-refractivity contribution in [2.45, 2.75) is 13.8 Å². The standard InChI is InChI=1S/C9H16N4/c1-7-6-11-9(12-8(7)2)13(3)5-4-10/h6H,4-5,10H2,1-3H3. The van der Waals surface area contributed by atoms with E-state index in [-0.39, 0.29) is 0 Å². The zero-order chi connectivity index (χ0) is 9.84. The van der Waals surface area contributed by atoms with Crippen molar-refractivity contribution in [1.82, 2.24) is 9.97 Å². The van der Waals surface area contributed by atoms with Crippen molar-refractivity contribution in [3.63, 3.8) is 0 Å². The minimum atomic E-state index is 0.618. The van der Waals surface area contributed by atoms with Gasteiger partial charge in [0.1, 0.15) is 0 Å². The third kappa shape index (κ3) is 2.39. The van der Waals surface area contributed by atoms with E-state index in [9.17, 15) is 0 Å². The molecule has 0 amide bonds. The molecule has 0 saturated heterocycles. The first-order valence-corrected chi connectivity index (χ1v) is 4.36. The van der Waals surface area contributed by atoms with Gasteiger partial charge in [-0.3, -0.25) is 0 Å². The van der Waals surface area contributed by atoms with Gasteiger partial charge in [0, 0.05) is 32.0 Å². The van der Waals surface area contributed by atoms with Gasteiger partial charge in [-0.05, 0) is 19.4 Å². The Kier molecular flexibility index (Phi) is 3.19. The number of likely N-dealkylation sites (N-methyl/N-ethyl adjacent to an activating group) is 1. The molecule has 0 unspecified atom stereocenters. The Balaban J connectivity index is 2.84. The number of aromatic nitrogens is 2. The van der Waals surface area contributed by atoms with Crippen LogP contribution in [0, 0.1) is 13.8 Å². The average molecular weight is 180 g/mol. The topological polar surface area (TPSA) is 55.0 Å². The van der Waals surface area contributed by atoms with Crippen LogP contribution in [-0.4, -0.2) is 30.1 Å². The van der Waals surface area contributed by atoms with Crippen LogP contribution in [0.25, 0.3) is 0 Å².